The Hall–Kier alpha value is -1.27. The quantitative estimate of drug-likeness (QED) is 0.663. The molecule has 0 saturated carbocycles. The van der Waals surface area contributed by atoms with Gasteiger partial charge in [0.1, 0.15) is 11.5 Å². The molecule has 0 aromatic heterocycles. The first-order valence-corrected chi connectivity index (χ1v) is 10.6. The fourth-order valence-corrected chi connectivity index (χ4v) is 4.05. The van der Waals surface area contributed by atoms with Crippen LogP contribution in [0, 0.1) is 5.92 Å². The van der Waals surface area contributed by atoms with Gasteiger partial charge >= 0.3 is 0 Å². The van der Waals surface area contributed by atoms with Crippen LogP contribution in [-0.2, 0) is 20.4 Å². The molecule has 1 amide bonds. The van der Waals surface area contributed by atoms with Gasteiger partial charge in [-0.15, -0.1) is 0 Å². The lowest BCUT2D eigenvalue weighted by Gasteiger charge is -2.15. The Morgan fingerprint density at radius 2 is 1.92 bits per heavy atom. The van der Waals surface area contributed by atoms with Crippen LogP contribution in [0.25, 0.3) is 0 Å². The Labute approximate surface area is 156 Å². The fourth-order valence-electron chi connectivity index (χ4n) is 2.57. The SMILES string of the molecule is COc1ccc(Cl)cc1CS(=O)(=O)CC(=O)N[C@H](C)CCCC(C)C. The number of hydrogen-bond acceptors (Lipinski definition) is 4. The summed E-state index contributed by atoms with van der Waals surface area (Å²) >= 11 is 5.92. The summed E-state index contributed by atoms with van der Waals surface area (Å²) in [6, 6.07) is 4.75. The maximum atomic E-state index is 12.3. The number of halogens is 1. The largest absolute Gasteiger partial charge is 0.496 e. The minimum Gasteiger partial charge on any atom is -0.496 e. The number of sulfone groups is 1. The molecule has 1 atom stereocenters. The highest BCUT2D eigenvalue weighted by atomic mass is 35.5. The summed E-state index contributed by atoms with van der Waals surface area (Å²) < 4.78 is 29.8. The lowest BCUT2D eigenvalue weighted by atomic mass is 10.0. The lowest BCUT2D eigenvalue weighted by Crippen LogP contribution is -2.37. The van der Waals surface area contributed by atoms with E-state index in [1.165, 1.54) is 7.11 Å². The van der Waals surface area contributed by atoms with Gasteiger partial charge in [0.05, 0.1) is 12.9 Å². The van der Waals surface area contributed by atoms with Crippen LogP contribution in [0.1, 0.15) is 45.6 Å². The molecule has 1 N–H and O–H groups in total. The van der Waals surface area contributed by atoms with Gasteiger partial charge < -0.3 is 10.1 Å². The zero-order valence-electron chi connectivity index (χ0n) is 15.3. The van der Waals surface area contributed by atoms with E-state index in [1.807, 2.05) is 6.92 Å². The standard InChI is InChI=1S/C18H28ClNO4S/c1-13(2)6-5-7-14(3)20-18(21)12-25(22,23)11-15-10-16(19)8-9-17(15)24-4/h8-10,13-14H,5-7,11-12H2,1-4H3,(H,20,21)/t14-/m1/s1. The van der Waals surface area contributed by atoms with E-state index in [9.17, 15) is 13.2 Å². The smallest absolute Gasteiger partial charge is 0.235 e. The number of rotatable bonds is 10. The van der Waals surface area contributed by atoms with Crippen molar-refractivity contribution in [2.75, 3.05) is 12.9 Å². The Morgan fingerprint density at radius 3 is 2.52 bits per heavy atom. The number of benzene rings is 1. The van der Waals surface area contributed by atoms with Crippen molar-refractivity contribution in [2.45, 2.75) is 51.8 Å². The second kappa shape index (κ2) is 10.0. The van der Waals surface area contributed by atoms with Gasteiger partial charge in [0.15, 0.2) is 9.84 Å². The van der Waals surface area contributed by atoms with Gasteiger partial charge in [-0.05, 0) is 37.5 Å². The normalized spacial score (nSPS) is 12.9. The van der Waals surface area contributed by atoms with Crippen LogP contribution in [0.5, 0.6) is 5.75 Å². The van der Waals surface area contributed by atoms with Gasteiger partial charge in [-0.25, -0.2) is 8.42 Å². The first kappa shape index (κ1) is 21.8. The molecule has 0 fully saturated rings. The average Bonchev–Trinajstić information content (AvgIpc) is 2.45. The van der Waals surface area contributed by atoms with Crippen molar-refractivity contribution in [3.63, 3.8) is 0 Å². The summed E-state index contributed by atoms with van der Waals surface area (Å²) in [5, 5.41) is 3.19. The minimum atomic E-state index is -3.61. The number of ether oxygens (including phenoxy) is 1. The Morgan fingerprint density at radius 1 is 1.24 bits per heavy atom. The van der Waals surface area contributed by atoms with Gasteiger partial charge in [-0.1, -0.05) is 38.3 Å². The van der Waals surface area contributed by atoms with Gasteiger partial charge in [-0.2, -0.15) is 0 Å². The molecule has 0 heterocycles. The number of nitrogens with one attached hydrogen (secondary N) is 1. The summed E-state index contributed by atoms with van der Waals surface area (Å²) in [6.07, 6.45) is 2.94. The molecule has 7 heteroatoms. The van der Waals surface area contributed by atoms with Gasteiger partial charge in [-0.3, -0.25) is 4.79 Å². The van der Waals surface area contributed by atoms with E-state index < -0.39 is 21.5 Å². The summed E-state index contributed by atoms with van der Waals surface area (Å²) in [7, 11) is -2.15. The van der Waals surface area contributed by atoms with E-state index in [0.717, 1.165) is 19.3 Å². The maximum absolute atomic E-state index is 12.3. The van der Waals surface area contributed by atoms with Crippen molar-refractivity contribution >= 4 is 27.3 Å². The van der Waals surface area contributed by atoms with Crippen LogP contribution in [0.2, 0.25) is 5.02 Å². The monoisotopic (exact) mass is 389 g/mol. The molecule has 0 radical (unpaired) electrons. The second-order valence-corrected chi connectivity index (χ2v) is 9.28. The van der Waals surface area contributed by atoms with Crippen LogP contribution < -0.4 is 10.1 Å². The number of carbonyl (C=O) groups excluding carboxylic acids is 1. The number of carbonyl (C=O) groups is 1. The summed E-state index contributed by atoms with van der Waals surface area (Å²) in [5.74, 6) is -0.243. The van der Waals surface area contributed by atoms with Crippen molar-refractivity contribution in [1.29, 1.82) is 0 Å². The predicted molar refractivity (Wildman–Crippen MR) is 102 cm³/mol. The third-order valence-corrected chi connectivity index (χ3v) is 5.48. The molecule has 0 bridgehead atoms. The maximum Gasteiger partial charge on any atom is 0.235 e. The van der Waals surface area contributed by atoms with Crippen LogP contribution in [0.4, 0.5) is 0 Å². The fraction of sp³-hybridized carbons (Fsp3) is 0.611. The highest BCUT2D eigenvalue weighted by molar-refractivity contribution is 7.91. The molecular weight excluding hydrogens is 362 g/mol. The highest BCUT2D eigenvalue weighted by Gasteiger charge is 2.20. The average molecular weight is 390 g/mol. The second-order valence-electron chi connectivity index (χ2n) is 6.78. The summed E-state index contributed by atoms with van der Waals surface area (Å²) in [6.45, 7) is 6.20. The molecule has 1 aromatic carbocycles. The summed E-state index contributed by atoms with van der Waals surface area (Å²) in [4.78, 5) is 12.0. The topological polar surface area (TPSA) is 72.5 Å². The van der Waals surface area contributed by atoms with Crippen molar-refractivity contribution in [3.8, 4) is 5.75 Å². The van der Waals surface area contributed by atoms with Crippen molar-refractivity contribution < 1.29 is 17.9 Å². The number of amides is 1. The molecule has 1 rings (SSSR count). The molecule has 25 heavy (non-hydrogen) atoms. The number of methoxy groups -OCH3 is 1. The Bertz CT molecular complexity index is 674. The van der Waals surface area contributed by atoms with Crippen molar-refractivity contribution in [1.82, 2.24) is 5.32 Å². The molecule has 0 aliphatic heterocycles. The van der Waals surface area contributed by atoms with E-state index in [0.29, 0.717) is 22.3 Å². The van der Waals surface area contributed by atoms with Crippen LogP contribution in [0.3, 0.4) is 0 Å². The summed E-state index contributed by atoms with van der Waals surface area (Å²) in [5.41, 5.74) is 0.452. The molecule has 0 aliphatic rings. The third-order valence-electron chi connectivity index (χ3n) is 3.79. The molecule has 0 spiro atoms. The van der Waals surface area contributed by atoms with Gasteiger partial charge in [0.25, 0.3) is 0 Å². The molecule has 1 aromatic rings. The van der Waals surface area contributed by atoms with Crippen LogP contribution >= 0.6 is 11.6 Å². The molecule has 0 unspecified atom stereocenters. The zero-order valence-corrected chi connectivity index (χ0v) is 16.9. The van der Waals surface area contributed by atoms with Crippen molar-refractivity contribution in [2.24, 2.45) is 5.92 Å². The van der Waals surface area contributed by atoms with Gasteiger partial charge in [0, 0.05) is 16.6 Å². The third kappa shape index (κ3) is 8.59. The van der Waals surface area contributed by atoms with E-state index in [-0.39, 0.29) is 11.8 Å². The van der Waals surface area contributed by atoms with E-state index in [1.54, 1.807) is 18.2 Å². The number of hydrogen-bond donors (Lipinski definition) is 1. The van der Waals surface area contributed by atoms with E-state index in [2.05, 4.69) is 19.2 Å². The minimum absolute atomic E-state index is 0.0397. The van der Waals surface area contributed by atoms with Crippen LogP contribution in [-0.4, -0.2) is 33.2 Å². The van der Waals surface area contributed by atoms with Gasteiger partial charge in [0.2, 0.25) is 5.91 Å². The highest BCUT2D eigenvalue weighted by Crippen LogP contribution is 2.24. The molecule has 0 aliphatic carbocycles. The molecule has 0 saturated heterocycles. The first-order chi connectivity index (χ1) is 11.6. The predicted octanol–water partition coefficient (Wildman–Crippen LogP) is 3.59. The van der Waals surface area contributed by atoms with Crippen LogP contribution in [0.15, 0.2) is 18.2 Å². The first-order valence-electron chi connectivity index (χ1n) is 8.45. The zero-order chi connectivity index (χ0) is 19.0. The van der Waals surface area contributed by atoms with E-state index >= 15 is 0 Å². The molecular formula is C18H28ClNO4S. The lowest BCUT2D eigenvalue weighted by molar-refractivity contribution is -0.119. The molecule has 142 valence electrons. The Kier molecular flexibility index (Phi) is 8.73. The molecule has 5 nitrogen and oxygen atoms in total. The Balaban J connectivity index is 2.60. The van der Waals surface area contributed by atoms with E-state index in [4.69, 9.17) is 16.3 Å². The van der Waals surface area contributed by atoms with Crippen molar-refractivity contribution in [3.05, 3.63) is 28.8 Å².